The van der Waals surface area contributed by atoms with Crippen molar-refractivity contribution in [1.82, 2.24) is 15.1 Å². The van der Waals surface area contributed by atoms with E-state index in [4.69, 9.17) is 9.84 Å². The third-order valence-electron chi connectivity index (χ3n) is 4.43. The minimum Gasteiger partial charge on any atom is -0.383 e. The molecule has 20 heavy (non-hydrogen) atoms. The molecular formula is C16H29N3O. The van der Waals surface area contributed by atoms with Crippen LogP contribution in [0.5, 0.6) is 0 Å². The third-order valence-corrected chi connectivity index (χ3v) is 4.43. The molecular weight excluding hydrogens is 250 g/mol. The molecule has 1 aliphatic carbocycles. The van der Waals surface area contributed by atoms with Crippen LogP contribution in [0.25, 0.3) is 0 Å². The molecule has 0 amide bonds. The summed E-state index contributed by atoms with van der Waals surface area (Å²) in [4.78, 5) is 0. The average Bonchev–Trinajstić information content (AvgIpc) is 2.75. The van der Waals surface area contributed by atoms with Crippen molar-refractivity contribution in [3.63, 3.8) is 0 Å². The van der Waals surface area contributed by atoms with E-state index in [1.807, 2.05) is 0 Å². The SMILES string of the molecule is COCCNCCc1c(C)nn(C2CCCCC2)c1C. The molecule has 0 bridgehead atoms. The Morgan fingerprint density at radius 2 is 1.95 bits per heavy atom. The first kappa shape index (κ1) is 15.5. The molecule has 1 aliphatic rings. The molecule has 1 fully saturated rings. The van der Waals surface area contributed by atoms with Gasteiger partial charge in [0.15, 0.2) is 0 Å². The van der Waals surface area contributed by atoms with Crippen LogP contribution in [0.3, 0.4) is 0 Å². The standard InChI is InChI=1S/C16H29N3O/c1-13-16(9-10-17-11-12-20-3)14(2)19(18-13)15-7-5-4-6-8-15/h15,17H,4-12H2,1-3H3. The number of nitrogens with one attached hydrogen (secondary N) is 1. The molecule has 1 N–H and O–H groups in total. The molecule has 1 saturated carbocycles. The van der Waals surface area contributed by atoms with Gasteiger partial charge in [-0.15, -0.1) is 0 Å². The zero-order chi connectivity index (χ0) is 14.4. The Bertz CT molecular complexity index is 408. The molecule has 0 spiro atoms. The van der Waals surface area contributed by atoms with Crippen LogP contribution in [0.4, 0.5) is 0 Å². The minimum atomic E-state index is 0.637. The Balaban J connectivity index is 1.93. The first-order valence-electron chi connectivity index (χ1n) is 7.98. The van der Waals surface area contributed by atoms with Gasteiger partial charge in [-0.3, -0.25) is 4.68 Å². The molecule has 1 aromatic rings. The molecule has 114 valence electrons. The molecule has 4 heteroatoms. The largest absolute Gasteiger partial charge is 0.383 e. The first-order valence-corrected chi connectivity index (χ1v) is 7.98. The molecule has 0 radical (unpaired) electrons. The van der Waals surface area contributed by atoms with Crippen LogP contribution >= 0.6 is 0 Å². The van der Waals surface area contributed by atoms with Gasteiger partial charge in [0.2, 0.25) is 0 Å². The molecule has 2 rings (SSSR count). The molecule has 1 aromatic heterocycles. The van der Waals surface area contributed by atoms with E-state index in [2.05, 4.69) is 23.8 Å². The normalized spacial score (nSPS) is 16.8. The lowest BCUT2D eigenvalue weighted by Gasteiger charge is -2.23. The van der Waals surface area contributed by atoms with Gasteiger partial charge in [0.25, 0.3) is 0 Å². The zero-order valence-corrected chi connectivity index (χ0v) is 13.2. The maximum atomic E-state index is 5.05. The second-order valence-electron chi connectivity index (χ2n) is 5.88. The topological polar surface area (TPSA) is 39.1 Å². The number of aromatic nitrogens is 2. The predicted molar refractivity (Wildman–Crippen MR) is 82.3 cm³/mol. The summed E-state index contributed by atoms with van der Waals surface area (Å²) < 4.78 is 7.35. The van der Waals surface area contributed by atoms with Gasteiger partial charge in [-0.05, 0) is 45.2 Å². The maximum absolute atomic E-state index is 5.05. The Kier molecular flexibility index (Phi) is 6.05. The van der Waals surface area contributed by atoms with Gasteiger partial charge >= 0.3 is 0 Å². The maximum Gasteiger partial charge on any atom is 0.0629 e. The van der Waals surface area contributed by atoms with Crippen molar-refractivity contribution in [3.05, 3.63) is 17.0 Å². The van der Waals surface area contributed by atoms with Crippen molar-refractivity contribution < 1.29 is 4.74 Å². The second kappa shape index (κ2) is 7.79. The predicted octanol–water partition coefficient (Wildman–Crippen LogP) is 2.78. The summed E-state index contributed by atoms with van der Waals surface area (Å²) in [6.45, 7) is 7.09. The van der Waals surface area contributed by atoms with Gasteiger partial charge in [0, 0.05) is 19.3 Å². The highest BCUT2D eigenvalue weighted by atomic mass is 16.5. The number of hydrogen-bond acceptors (Lipinski definition) is 3. The lowest BCUT2D eigenvalue weighted by atomic mass is 9.95. The quantitative estimate of drug-likeness (QED) is 0.780. The zero-order valence-electron chi connectivity index (χ0n) is 13.2. The number of methoxy groups -OCH3 is 1. The van der Waals surface area contributed by atoms with Crippen molar-refractivity contribution in [3.8, 4) is 0 Å². The Morgan fingerprint density at radius 3 is 2.65 bits per heavy atom. The van der Waals surface area contributed by atoms with Gasteiger partial charge in [0.1, 0.15) is 0 Å². The monoisotopic (exact) mass is 279 g/mol. The number of aryl methyl sites for hydroxylation is 1. The van der Waals surface area contributed by atoms with E-state index in [0.29, 0.717) is 6.04 Å². The molecule has 4 nitrogen and oxygen atoms in total. The fraction of sp³-hybridized carbons (Fsp3) is 0.812. The fourth-order valence-corrected chi connectivity index (χ4v) is 3.25. The van der Waals surface area contributed by atoms with Crippen LogP contribution in [0.1, 0.15) is 55.1 Å². The van der Waals surface area contributed by atoms with Crippen molar-refractivity contribution in [2.24, 2.45) is 0 Å². The lowest BCUT2D eigenvalue weighted by Crippen LogP contribution is -2.22. The Morgan fingerprint density at radius 1 is 1.20 bits per heavy atom. The van der Waals surface area contributed by atoms with Crippen LogP contribution in [-0.2, 0) is 11.2 Å². The van der Waals surface area contributed by atoms with E-state index >= 15 is 0 Å². The van der Waals surface area contributed by atoms with Crippen LogP contribution < -0.4 is 5.32 Å². The highest BCUT2D eigenvalue weighted by Crippen LogP contribution is 2.30. The molecule has 0 atom stereocenters. The van der Waals surface area contributed by atoms with E-state index in [0.717, 1.165) is 26.1 Å². The van der Waals surface area contributed by atoms with Crippen LogP contribution in [0, 0.1) is 13.8 Å². The van der Waals surface area contributed by atoms with E-state index in [1.165, 1.54) is 49.1 Å². The Labute approximate surface area is 122 Å². The van der Waals surface area contributed by atoms with Crippen LogP contribution in [0.2, 0.25) is 0 Å². The lowest BCUT2D eigenvalue weighted by molar-refractivity contribution is 0.199. The third kappa shape index (κ3) is 3.83. The fourth-order valence-electron chi connectivity index (χ4n) is 3.25. The van der Waals surface area contributed by atoms with Gasteiger partial charge in [-0.1, -0.05) is 19.3 Å². The van der Waals surface area contributed by atoms with Crippen molar-refractivity contribution in [1.29, 1.82) is 0 Å². The number of rotatable bonds is 7. The van der Waals surface area contributed by atoms with Crippen LogP contribution in [0.15, 0.2) is 0 Å². The van der Waals surface area contributed by atoms with Gasteiger partial charge < -0.3 is 10.1 Å². The van der Waals surface area contributed by atoms with E-state index in [-0.39, 0.29) is 0 Å². The van der Waals surface area contributed by atoms with Crippen LogP contribution in [-0.4, -0.2) is 36.6 Å². The van der Waals surface area contributed by atoms with Gasteiger partial charge in [-0.25, -0.2) is 0 Å². The van der Waals surface area contributed by atoms with E-state index < -0.39 is 0 Å². The summed E-state index contributed by atoms with van der Waals surface area (Å²) in [5.41, 5.74) is 4.02. The van der Waals surface area contributed by atoms with Gasteiger partial charge in [0.05, 0.1) is 18.3 Å². The smallest absolute Gasteiger partial charge is 0.0629 e. The summed E-state index contributed by atoms with van der Waals surface area (Å²) in [5.74, 6) is 0. The molecule has 0 saturated heterocycles. The number of ether oxygens (including phenoxy) is 1. The van der Waals surface area contributed by atoms with E-state index in [1.54, 1.807) is 7.11 Å². The first-order chi connectivity index (χ1) is 9.74. The minimum absolute atomic E-state index is 0.637. The molecule has 0 aliphatic heterocycles. The van der Waals surface area contributed by atoms with Crippen molar-refractivity contribution in [2.45, 2.75) is 58.4 Å². The summed E-state index contributed by atoms with van der Waals surface area (Å²) >= 11 is 0. The highest BCUT2D eigenvalue weighted by Gasteiger charge is 2.20. The average molecular weight is 279 g/mol. The molecule has 0 aromatic carbocycles. The second-order valence-corrected chi connectivity index (χ2v) is 5.88. The molecule has 0 unspecified atom stereocenters. The highest BCUT2D eigenvalue weighted by molar-refractivity contribution is 5.25. The van der Waals surface area contributed by atoms with Crippen molar-refractivity contribution >= 4 is 0 Å². The Hall–Kier alpha value is -0.870. The summed E-state index contributed by atoms with van der Waals surface area (Å²) in [6, 6.07) is 0.637. The summed E-state index contributed by atoms with van der Waals surface area (Å²) in [6.07, 6.45) is 7.77. The molecule has 1 heterocycles. The van der Waals surface area contributed by atoms with E-state index in [9.17, 15) is 0 Å². The number of hydrogen-bond donors (Lipinski definition) is 1. The van der Waals surface area contributed by atoms with Gasteiger partial charge in [-0.2, -0.15) is 5.10 Å². The number of nitrogens with zero attached hydrogens (tertiary/aromatic N) is 2. The van der Waals surface area contributed by atoms with Crippen molar-refractivity contribution in [2.75, 3.05) is 26.8 Å². The summed E-state index contributed by atoms with van der Waals surface area (Å²) in [7, 11) is 1.74. The summed E-state index contributed by atoms with van der Waals surface area (Å²) in [5, 5.41) is 8.23.